The molecule has 0 unspecified atom stereocenters. The first-order valence-electron chi connectivity index (χ1n) is 10.5. The van der Waals surface area contributed by atoms with Crippen molar-refractivity contribution >= 4 is 28.5 Å². The summed E-state index contributed by atoms with van der Waals surface area (Å²) >= 11 is 0. The van der Waals surface area contributed by atoms with E-state index in [2.05, 4.69) is 19.9 Å². The third-order valence-electron chi connectivity index (χ3n) is 5.75. The lowest BCUT2D eigenvalue weighted by Gasteiger charge is -2.34. The Morgan fingerprint density at radius 3 is 2.30 bits per heavy atom. The van der Waals surface area contributed by atoms with Gasteiger partial charge in [0.1, 0.15) is 6.33 Å². The van der Waals surface area contributed by atoms with Crippen LogP contribution in [0.15, 0.2) is 67.5 Å². The van der Waals surface area contributed by atoms with Gasteiger partial charge in [-0.1, -0.05) is 18.2 Å². The summed E-state index contributed by atoms with van der Waals surface area (Å²) in [6.45, 7) is 1.37. The average Bonchev–Trinajstić information content (AvgIpc) is 3.33. The van der Waals surface area contributed by atoms with Gasteiger partial charge < -0.3 is 14.8 Å². The van der Waals surface area contributed by atoms with Gasteiger partial charge in [-0.2, -0.15) is 0 Å². The molecule has 4 aromatic rings. The van der Waals surface area contributed by atoms with Crippen molar-refractivity contribution in [1.82, 2.24) is 29.7 Å². The Kier molecular flexibility index (Phi) is 5.35. The van der Waals surface area contributed by atoms with E-state index >= 15 is 0 Å². The van der Waals surface area contributed by atoms with Gasteiger partial charge in [0, 0.05) is 67.5 Å². The number of hydrogen-bond acceptors (Lipinski definition) is 6. The highest BCUT2D eigenvalue weighted by Crippen LogP contribution is 2.27. The molecule has 2 amide bonds. The van der Waals surface area contributed by atoms with E-state index in [1.54, 1.807) is 41.7 Å². The number of amides is 2. The molecule has 5 rings (SSSR count). The summed E-state index contributed by atoms with van der Waals surface area (Å²) in [5.74, 6) is -1.25. The van der Waals surface area contributed by atoms with E-state index in [-0.39, 0.29) is 5.91 Å². The molecule has 1 aliphatic rings. The number of benzene rings is 1. The van der Waals surface area contributed by atoms with Crippen molar-refractivity contribution in [2.75, 3.05) is 26.2 Å². The van der Waals surface area contributed by atoms with E-state index in [0.717, 1.165) is 0 Å². The number of nitrogens with zero attached hydrogens (tertiary/aromatic N) is 5. The molecule has 1 N–H and O–H groups in total. The van der Waals surface area contributed by atoms with Crippen molar-refractivity contribution in [3.05, 3.63) is 78.6 Å². The molecule has 0 saturated carbocycles. The fourth-order valence-electron chi connectivity index (χ4n) is 4.02. The molecule has 1 aliphatic heterocycles. The topological polar surface area (TPSA) is 112 Å². The maximum Gasteiger partial charge on any atom is 0.295 e. The SMILES string of the molecule is O=C(C(=O)N1CCN(C(=O)c2ccccc2)CC1)c1c[nH]c2c(-c3cncnc3)nccc12. The van der Waals surface area contributed by atoms with Gasteiger partial charge in [-0.25, -0.2) is 9.97 Å². The van der Waals surface area contributed by atoms with Crippen LogP contribution in [0.4, 0.5) is 0 Å². The number of piperazine rings is 1. The highest BCUT2D eigenvalue weighted by atomic mass is 16.2. The molecular weight excluding hydrogens is 420 g/mol. The van der Waals surface area contributed by atoms with Crippen molar-refractivity contribution in [1.29, 1.82) is 0 Å². The zero-order valence-electron chi connectivity index (χ0n) is 17.6. The molecule has 0 aliphatic carbocycles. The van der Waals surface area contributed by atoms with Crippen LogP contribution in [0.2, 0.25) is 0 Å². The minimum absolute atomic E-state index is 0.0735. The number of fused-ring (bicyclic) bond motifs is 1. The number of rotatable bonds is 4. The molecule has 9 nitrogen and oxygen atoms in total. The van der Waals surface area contributed by atoms with Crippen molar-refractivity contribution in [2.45, 2.75) is 0 Å². The standard InChI is InChI=1S/C24H20N6O3/c31-22(19-14-28-21-18(19)6-7-27-20(21)17-12-25-15-26-13-17)24(33)30-10-8-29(9-11-30)23(32)16-4-2-1-3-5-16/h1-7,12-15,28H,8-11H2. The molecule has 3 aromatic heterocycles. The highest BCUT2D eigenvalue weighted by Gasteiger charge is 2.30. The molecule has 1 saturated heterocycles. The molecule has 0 bridgehead atoms. The summed E-state index contributed by atoms with van der Waals surface area (Å²) in [5.41, 5.74) is 2.85. The van der Waals surface area contributed by atoms with Crippen molar-refractivity contribution in [2.24, 2.45) is 0 Å². The Bertz CT molecular complexity index is 1330. The van der Waals surface area contributed by atoms with Gasteiger partial charge in [0.05, 0.1) is 16.8 Å². The third kappa shape index (κ3) is 3.84. The van der Waals surface area contributed by atoms with E-state index in [1.165, 1.54) is 17.4 Å². The molecule has 33 heavy (non-hydrogen) atoms. The van der Waals surface area contributed by atoms with E-state index in [1.807, 2.05) is 18.2 Å². The molecular formula is C24H20N6O3. The predicted molar refractivity (Wildman–Crippen MR) is 120 cm³/mol. The lowest BCUT2D eigenvalue weighted by atomic mass is 10.1. The van der Waals surface area contributed by atoms with Gasteiger partial charge in [-0.15, -0.1) is 0 Å². The molecule has 0 spiro atoms. The number of H-pyrrole nitrogens is 1. The van der Waals surface area contributed by atoms with Gasteiger partial charge in [-0.3, -0.25) is 19.4 Å². The van der Waals surface area contributed by atoms with E-state index < -0.39 is 11.7 Å². The lowest BCUT2D eigenvalue weighted by Crippen LogP contribution is -2.52. The number of aromatic amines is 1. The van der Waals surface area contributed by atoms with Crippen molar-refractivity contribution in [3.8, 4) is 11.3 Å². The Morgan fingerprint density at radius 2 is 1.58 bits per heavy atom. The fraction of sp³-hybridized carbons (Fsp3) is 0.167. The Hall–Kier alpha value is -4.40. The number of ketones is 1. The number of carbonyl (C=O) groups excluding carboxylic acids is 3. The van der Waals surface area contributed by atoms with Gasteiger partial charge in [0.15, 0.2) is 0 Å². The van der Waals surface area contributed by atoms with Crippen molar-refractivity contribution < 1.29 is 14.4 Å². The van der Waals surface area contributed by atoms with Crippen LogP contribution in [0.3, 0.4) is 0 Å². The molecule has 0 atom stereocenters. The fourth-order valence-corrected chi connectivity index (χ4v) is 4.02. The number of Topliss-reactive ketones (excluding diaryl/α,β-unsaturated/α-hetero) is 1. The first kappa shape index (κ1) is 20.5. The van der Waals surface area contributed by atoms with Gasteiger partial charge in [0.2, 0.25) is 0 Å². The molecule has 9 heteroatoms. The monoisotopic (exact) mass is 440 g/mol. The van der Waals surface area contributed by atoms with Gasteiger partial charge in [-0.05, 0) is 18.2 Å². The smallest absolute Gasteiger partial charge is 0.295 e. The molecule has 1 aromatic carbocycles. The largest absolute Gasteiger partial charge is 0.359 e. The van der Waals surface area contributed by atoms with Crippen LogP contribution in [0.1, 0.15) is 20.7 Å². The third-order valence-corrected chi connectivity index (χ3v) is 5.75. The quantitative estimate of drug-likeness (QED) is 0.385. The van der Waals surface area contributed by atoms with E-state index in [0.29, 0.717) is 59.5 Å². The van der Waals surface area contributed by atoms with Crippen LogP contribution in [0.25, 0.3) is 22.2 Å². The number of pyridine rings is 1. The molecule has 0 radical (unpaired) electrons. The lowest BCUT2D eigenvalue weighted by molar-refractivity contribution is -0.127. The van der Waals surface area contributed by atoms with Crippen molar-refractivity contribution in [3.63, 3.8) is 0 Å². The van der Waals surface area contributed by atoms with Crippen LogP contribution in [-0.2, 0) is 4.79 Å². The van der Waals surface area contributed by atoms with E-state index in [9.17, 15) is 14.4 Å². The minimum atomic E-state index is -0.592. The summed E-state index contributed by atoms with van der Waals surface area (Å²) in [6, 6.07) is 10.7. The van der Waals surface area contributed by atoms with Crippen LogP contribution in [0.5, 0.6) is 0 Å². The minimum Gasteiger partial charge on any atom is -0.359 e. The summed E-state index contributed by atoms with van der Waals surface area (Å²) in [4.78, 5) is 57.4. The summed E-state index contributed by atoms with van der Waals surface area (Å²) in [6.07, 6.45) is 7.83. The Morgan fingerprint density at radius 1 is 0.879 bits per heavy atom. The molecule has 4 heterocycles. The second-order valence-electron chi connectivity index (χ2n) is 7.69. The zero-order valence-corrected chi connectivity index (χ0v) is 17.6. The first-order valence-corrected chi connectivity index (χ1v) is 10.5. The second-order valence-corrected chi connectivity index (χ2v) is 7.69. The highest BCUT2D eigenvalue weighted by molar-refractivity contribution is 6.45. The maximum atomic E-state index is 13.1. The Balaban J connectivity index is 1.31. The number of hydrogen-bond donors (Lipinski definition) is 1. The normalized spacial score (nSPS) is 13.8. The first-order chi connectivity index (χ1) is 16.1. The van der Waals surface area contributed by atoms with Crippen LogP contribution in [-0.4, -0.2) is 73.5 Å². The molecule has 1 fully saturated rings. The second kappa shape index (κ2) is 8.62. The number of nitrogens with one attached hydrogen (secondary N) is 1. The van der Waals surface area contributed by atoms with Gasteiger partial charge >= 0.3 is 0 Å². The Labute approximate surface area is 189 Å². The van der Waals surface area contributed by atoms with E-state index in [4.69, 9.17) is 0 Å². The predicted octanol–water partition coefficient (Wildman–Crippen LogP) is 2.19. The van der Waals surface area contributed by atoms with Crippen LogP contribution >= 0.6 is 0 Å². The average molecular weight is 440 g/mol. The zero-order chi connectivity index (χ0) is 22.8. The van der Waals surface area contributed by atoms with Crippen LogP contribution in [0, 0.1) is 0 Å². The number of aromatic nitrogens is 4. The summed E-state index contributed by atoms with van der Waals surface area (Å²) < 4.78 is 0. The van der Waals surface area contributed by atoms with Crippen LogP contribution < -0.4 is 0 Å². The summed E-state index contributed by atoms with van der Waals surface area (Å²) in [7, 11) is 0. The summed E-state index contributed by atoms with van der Waals surface area (Å²) in [5, 5.41) is 0.611. The molecule has 164 valence electrons. The van der Waals surface area contributed by atoms with Gasteiger partial charge in [0.25, 0.3) is 17.6 Å². The maximum absolute atomic E-state index is 13.1. The number of carbonyl (C=O) groups is 3.